The van der Waals surface area contributed by atoms with Crippen LogP contribution in [-0.4, -0.2) is 27.5 Å². The van der Waals surface area contributed by atoms with Crippen LogP contribution in [0, 0.1) is 5.82 Å². The third-order valence-corrected chi connectivity index (χ3v) is 5.46. The van der Waals surface area contributed by atoms with Gasteiger partial charge in [-0.15, -0.1) is 0 Å². The summed E-state index contributed by atoms with van der Waals surface area (Å²) in [6.45, 7) is 1.60. The van der Waals surface area contributed by atoms with Gasteiger partial charge in [-0.05, 0) is 53.9 Å². The second-order valence-corrected chi connectivity index (χ2v) is 8.47. The van der Waals surface area contributed by atoms with Crippen molar-refractivity contribution in [1.29, 1.82) is 0 Å². The Morgan fingerprint density at radius 1 is 0.935 bits per heavy atom. The van der Waals surface area contributed by atoms with E-state index >= 15 is 0 Å². The molecule has 3 rings (SSSR count). The molecule has 0 aliphatic carbocycles. The Labute approximate surface area is 181 Å². The molecule has 0 unspecified atom stereocenters. The molecule has 0 spiro atoms. The molecule has 31 heavy (non-hydrogen) atoms. The first-order chi connectivity index (χ1) is 14.9. The van der Waals surface area contributed by atoms with Gasteiger partial charge in [0.15, 0.2) is 5.96 Å². The molecule has 3 aromatic rings. The molecule has 0 atom stereocenters. The Bertz CT molecular complexity index is 1080. The van der Waals surface area contributed by atoms with Crippen LogP contribution in [0.5, 0.6) is 0 Å². The summed E-state index contributed by atoms with van der Waals surface area (Å²) in [6, 6.07) is 16.4. The first-order valence-corrected chi connectivity index (χ1v) is 11.4. The van der Waals surface area contributed by atoms with Gasteiger partial charge in [0.1, 0.15) is 11.6 Å². The molecule has 0 radical (unpaired) electrons. The molecule has 0 aliphatic heterocycles. The van der Waals surface area contributed by atoms with Crippen LogP contribution in [0.25, 0.3) is 0 Å². The van der Waals surface area contributed by atoms with Crippen molar-refractivity contribution in [2.75, 3.05) is 13.1 Å². The van der Waals surface area contributed by atoms with Crippen molar-refractivity contribution in [3.8, 4) is 0 Å². The Balaban J connectivity index is 1.59. The van der Waals surface area contributed by atoms with E-state index < -0.39 is 10.0 Å². The maximum Gasteiger partial charge on any atom is 0.238 e. The third-order valence-electron chi connectivity index (χ3n) is 4.53. The minimum absolute atomic E-state index is 0.0643. The van der Waals surface area contributed by atoms with E-state index in [0.29, 0.717) is 38.4 Å². The fourth-order valence-corrected chi connectivity index (χ4v) is 3.38. The average Bonchev–Trinajstić information content (AvgIpc) is 3.26. The molecule has 7 nitrogen and oxygen atoms in total. The molecule has 0 fully saturated rings. The maximum atomic E-state index is 13.1. The summed E-state index contributed by atoms with van der Waals surface area (Å²) >= 11 is 0. The van der Waals surface area contributed by atoms with E-state index in [4.69, 9.17) is 9.56 Å². The fraction of sp³-hybridized carbons (Fsp3) is 0.227. The van der Waals surface area contributed by atoms with Crippen molar-refractivity contribution in [2.24, 2.45) is 10.1 Å². The molecular weight excluding hydrogens is 419 g/mol. The van der Waals surface area contributed by atoms with Crippen LogP contribution in [0.1, 0.15) is 16.9 Å². The molecule has 164 valence electrons. The molecule has 0 aliphatic rings. The Morgan fingerprint density at radius 2 is 1.58 bits per heavy atom. The number of halogens is 1. The zero-order valence-corrected chi connectivity index (χ0v) is 17.7. The molecular formula is C22H25FN4O3S. The highest BCUT2D eigenvalue weighted by molar-refractivity contribution is 7.89. The van der Waals surface area contributed by atoms with Crippen LogP contribution in [0.15, 0.2) is 81.2 Å². The molecule has 0 amide bonds. The van der Waals surface area contributed by atoms with E-state index in [1.807, 2.05) is 12.1 Å². The number of hydrogen-bond acceptors (Lipinski definition) is 4. The lowest BCUT2D eigenvalue weighted by molar-refractivity contribution is 0.506. The zero-order valence-electron chi connectivity index (χ0n) is 16.9. The monoisotopic (exact) mass is 444 g/mol. The Hall–Kier alpha value is -3.17. The predicted octanol–water partition coefficient (Wildman–Crippen LogP) is 2.59. The van der Waals surface area contributed by atoms with Gasteiger partial charge in [0.25, 0.3) is 0 Å². The first kappa shape index (κ1) is 22.5. The normalized spacial score (nSPS) is 12.0. The van der Waals surface area contributed by atoms with E-state index in [9.17, 15) is 12.8 Å². The summed E-state index contributed by atoms with van der Waals surface area (Å²) in [5.41, 5.74) is 1.86. The number of guanidine groups is 1. The quantitative estimate of drug-likeness (QED) is 0.347. The van der Waals surface area contributed by atoms with Crippen LogP contribution in [-0.2, 0) is 29.4 Å². The highest BCUT2D eigenvalue weighted by Gasteiger charge is 2.07. The third kappa shape index (κ3) is 7.54. The first-order valence-electron chi connectivity index (χ1n) is 9.81. The van der Waals surface area contributed by atoms with Gasteiger partial charge >= 0.3 is 0 Å². The highest BCUT2D eigenvalue weighted by Crippen LogP contribution is 2.09. The Kier molecular flexibility index (Phi) is 7.80. The maximum absolute atomic E-state index is 13.1. The van der Waals surface area contributed by atoms with Crippen LogP contribution < -0.4 is 15.8 Å². The average molecular weight is 445 g/mol. The van der Waals surface area contributed by atoms with Crippen molar-refractivity contribution in [1.82, 2.24) is 10.6 Å². The number of primary sulfonamides is 1. The number of hydrogen-bond donors (Lipinski definition) is 3. The number of aliphatic imine (C=N–C) groups is 1. The summed E-state index contributed by atoms with van der Waals surface area (Å²) in [5, 5.41) is 11.7. The summed E-state index contributed by atoms with van der Waals surface area (Å²) in [7, 11) is -3.72. The molecule has 0 bridgehead atoms. The van der Waals surface area contributed by atoms with Gasteiger partial charge in [-0.2, -0.15) is 0 Å². The van der Waals surface area contributed by atoms with Crippen molar-refractivity contribution >= 4 is 16.0 Å². The molecule has 4 N–H and O–H groups in total. The predicted molar refractivity (Wildman–Crippen MR) is 117 cm³/mol. The number of nitrogens with one attached hydrogen (secondary N) is 2. The number of rotatable bonds is 9. The van der Waals surface area contributed by atoms with Crippen LogP contribution in [0.3, 0.4) is 0 Å². The second-order valence-electron chi connectivity index (χ2n) is 6.91. The van der Waals surface area contributed by atoms with Gasteiger partial charge in [-0.1, -0.05) is 24.3 Å². The van der Waals surface area contributed by atoms with E-state index in [1.54, 1.807) is 30.5 Å². The Morgan fingerprint density at radius 3 is 2.19 bits per heavy atom. The van der Waals surface area contributed by atoms with E-state index in [-0.39, 0.29) is 10.7 Å². The van der Waals surface area contributed by atoms with Gasteiger partial charge in [-0.25, -0.2) is 22.9 Å². The van der Waals surface area contributed by atoms with Gasteiger partial charge < -0.3 is 15.1 Å². The van der Waals surface area contributed by atoms with Crippen LogP contribution >= 0.6 is 0 Å². The lowest BCUT2D eigenvalue weighted by atomic mass is 10.1. The zero-order chi connectivity index (χ0) is 22.1. The van der Waals surface area contributed by atoms with Gasteiger partial charge in [-0.3, -0.25) is 0 Å². The fourth-order valence-electron chi connectivity index (χ4n) is 2.86. The number of nitrogens with two attached hydrogens (primary N) is 1. The molecule has 1 aromatic heterocycles. The summed E-state index contributed by atoms with van der Waals surface area (Å²) in [4.78, 5) is 4.64. The lowest BCUT2D eigenvalue weighted by Gasteiger charge is -2.12. The largest absolute Gasteiger partial charge is 0.469 e. The van der Waals surface area contributed by atoms with Crippen molar-refractivity contribution in [2.45, 2.75) is 24.3 Å². The topological polar surface area (TPSA) is 110 Å². The van der Waals surface area contributed by atoms with E-state index in [1.165, 1.54) is 24.3 Å². The van der Waals surface area contributed by atoms with E-state index in [2.05, 4.69) is 15.6 Å². The molecule has 0 saturated heterocycles. The SMILES string of the molecule is NS(=O)(=O)c1ccc(CN=C(NCCc2ccc(F)cc2)NCCc2ccco2)cc1. The summed E-state index contributed by atoms with van der Waals surface area (Å²) in [6.07, 6.45) is 3.05. The van der Waals surface area contributed by atoms with Gasteiger partial charge in [0, 0.05) is 19.5 Å². The molecule has 1 heterocycles. The van der Waals surface area contributed by atoms with Crippen molar-refractivity contribution < 1.29 is 17.2 Å². The van der Waals surface area contributed by atoms with E-state index in [0.717, 1.165) is 16.9 Å². The molecule has 9 heteroatoms. The summed E-state index contributed by atoms with van der Waals surface area (Å²) in [5.74, 6) is 1.23. The van der Waals surface area contributed by atoms with Crippen molar-refractivity contribution in [3.05, 3.63) is 89.6 Å². The van der Waals surface area contributed by atoms with Crippen LogP contribution in [0.4, 0.5) is 4.39 Å². The number of sulfonamides is 1. The van der Waals surface area contributed by atoms with Gasteiger partial charge in [0.05, 0.1) is 17.7 Å². The van der Waals surface area contributed by atoms with Crippen molar-refractivity contribution in [3.63, 3.8) is 0 Å². The smallest absolute Gasteiger partial charge is 0.238 e. The lowest BCUT2D eigenvalue weighted by Crippen LogP contribution is -2.39. The number of benzene rings is 2. The number of furan rings is 1. The minimum atomic E-state index is -3.72. The summed E-state index contributed by atoms with van der Waals surface area (Å²) < 4.78 is 41.2. The number of nitrogens with zero attached hydrogens (tertiary/aromatic N) is 1. The van der Waals surface area contributed by atoms with Gasteiger partial charge in [0.2, 0.25) is 10.0 Å². The standard InChI is InChI=1S/C22H25FN4O3S/c23-19-7-3-17(4-8-19)11-13-25-22(26-14-12-20-2-1-15-30-20)27-16-18-5-9-21(10-6-18)31(24,28)29/h1-10,15H,11-14,16H2,(H2,24,28,29)(H2,25,26,27). The molecule has 2 aromatic carbocycles. The highest BCUT2D eigenvalue weighted by atomic mass is 32.2. The molecule has 0 saturated carbocycles. The van der Waals surface area contributed by atoms with Crippen LogP contribution in [0.2, 0.25) is 0 Å². The minimum Gasteiger partial charge on any atom is -0.469 e. The second kappa shape index (κ2) is 10.7.